The van der Waals surface area contributed by atoms with Gasteiger partial charge in [-0.3, -0.25) is 14.8 Å². The van der Waals surface area contributed by atoms with Gasteiger partial charge in [0.1, 0.15) is 11.3 Å². The molecular weight excluding hydrogens is 348 g/mol. The third kappa shape index (κ3) is 4.86. The molecule has 0 aliphatic heterocycles. The van der Waals surface area contributed by atoms with Crippen molar-refractivity contribution >= 4 is 22.8 Å². The van der Waals surface area contributed by atoms with Crippen LogP contribution in [0.5, 0.6) is 5.75 Å². The molecule has 0 fully saturated rings. The molecule has 0 radical (unpaired) electrons. The standard InChI is InChI=1S/C20H20N2O5/c23-19(22-25)14-7-9-16(10-8-14)26-12-4-3-11-21-20(24)18-13-15-5-1-2-6-17(15)27-18/h1-2,5-10,13,25H,3-4,11-12H2,(H,21,24)(H,22,23). The van der Waals surface area contributed by atoms with Gasteiger partial charge in [0.2, 0.25) is 0 Å². The van der Waals surface area contributed by atoms with Crippen LogP contribution in [0.4, 0.5) is 0 Å². The maximum absolute atomic E-state index is 12.1. The number of fused-ring (bicyclic) bond motifs is 1. The van der Waals surface area contributed by atoms with Crippen LogP contribution in [-0.2, 0) is 0 Å². The van der Waals surface area contributed by atoms with Crippen LogP contribution in [0.3, 0.4) is 0 Å². The smallest absolute Gasteiger partial charge is 0.287 e. The summed E-state index contributed by atoms with van der Waals surface area (Å²) >= 11 is 0. The van der Waals surface area contributed by atoms with Crippen LogP contribution in [0.25, 0.3) is 11.0 Å². The average molecular weight is 368 g/mol. The molecule has 3 N–H and O–H groups in total. The molecule has 3 rings (SSSR count). The first kappa shape index (κ1) is 18.5. The molecule has 2 amide bonds. The van der Waals surface area contributed by atoms with E-state index >= 15 is 0 Å². The molecule has 7 nitrogen and oxygen atoms in total. The monoisotopic (exact) mass is 368 g/mol. The zero-order chi connectivity index (χ0) is 19.1. The number of hydroxylamine groups is 1. The van der Waals surface area contributed by atoms with Crippen molar-refractivity contribution in [2.24, 2.45) is 0 Å². The van der Waals surface area contributed by atoms with Gasteiger partial charge in [-0.05, 0) is 49.2 Å². The summed E-state index contributed by atoms with van der Waals surface area (Å²) in [5.74, 6) is 0.141. The summed E-state index contributed by atoms with van der Waals surface area (Å²) in [6.07, 6.45) is 1.52. The van der Waals surface area contributed by atoms with Crippen LogP contribution in [0, 0.1) is 0 Å². The highest BCUT2D eigenvalue weighted by atomic mass is 16.5. The molecule has 0 saturated heterocycles. The average Bonchev–Trinajstić information content (AvgIpc) is 3.14. The van der Waals surface area contributed by atoms with Gasteiger partial charge >= 0.3 is 0 Å². The van der Waals surface area contributed by atoms with E-state index in [1.54, 1.807) is 35.8 Å². The van der Waals surface area contributed by atoms with E-state index in [2.05, 4.69) is 5.32 Å². The quantitative estimate of drug-likeness (QED) is 0.322. The molecule has 0 atom stereocenters. The molecule has 140 valence electrons. The van der Waals surface area contributed by atoms with Gasteiger partial charge < -0.3 is 14.5 Å². The third-order valence-corrected chi connectivity index (χ3v) is 3.99. The van der Waals surface area contributed by atoms with Crippen molar-refractivity contribution in [1.82, 2.24) is 10.8 Å². The van der Waals surface area contributed by atoms with E-state index < -0.39 is 5.91 Å². The molecule has 0 aliphatic carbocycles. The number of carbonyl (C=O) groups excluding carboxylic acids is 2. The molecule has 0 saturated carbocycles. The van der Waals surface area contributed by atoms with Crippen LogP contribution in [0.2, 0.25) is 0 Å². The number of para-hydroxylation sites is 1. The summed E-state index contributed by atoms with van der Waals surface area (Å²) in [7, 11) is 0. The second kappa shape index (κ2) is 8.86. The Hall–Kier alpha value is -3.32. The van der Waals surface area contributed by atoms with Gasteiger partial charge in [0.15, 0.2) is 5.76 Å². The predicted octanol–water partition coefficient (Wildman–Crippen LogP) is 3.14. The lowest BCUT2D eigenvalue weighted by atomic mass is 10.2. The van der Waals surface area contributed by atoms with Gasteiger partial charge in [-0.15, -0.1) is 0 Å². The lowest BCUT2D eigenvalue weighted by Crippen LogP contribution is -2.24. The number of unbranched alkanes of at least 4 members (excludes halogenated alkanes) is 1. The highest BCUT2D eigenvalue weighted by Gasteiger charge is 2.11. The molecule has 3 aromatic rings. The Morgan fingerprint density at radius 2 is 1.78 bits per heavy atom. The normalized spacial score (nSPS) is 10.6. The molecule has 1 aromatic heterocycles. The summed E-state index contributed by atoms with van der Waals surface area (Å²) in [6, 6.07) is 15.7. The summed E-state index contributed by atoms with van der Waals surface area (Å²) in [6.45, 7) is 1.01. The van der Waals surface area contributed by atoms with Crippen molar-refractivity contribution in [3.63, 3.8) is 0 Å². The Bertz CT molecular complexity index is 885. The number of hydrogen-bond acceptors (Lipinski definition) is 5. The zero-order valence-corrected chi connectivity index (χ0v) is 14.6. The summed E-state index contributed by atoms with van der Waals surface area (Å²) in [5.41, 5.74) is 2.61. The number of hydrogen-bond donors (Lipinski definition) is 3. The van der Waals surface area contributed by atoms with Crippen molar-refractivity contribution in [3.05, 3.63) is 65.9 Å². The molecule has 0 unspecified atom stereocenters. The summed E-state index contributed by atoms with van der Waals surface area (Å²) in [5, 5.41) is 12.3. The Labute approximate surface area is 155 Å². The molecule has 7 heteroatoms. The molecule has 0 spiro atoms. The van der Waals surface area contributed by atoms with Crippen molar-refractivity contribution in [2.45, 2.75) is 12.8 Å². The van der Waals surface area contributed by atoms with E-state index in [0.717, 1.165) is 18.2 Å². The lowest BCUT2D eigenvalue weighted by molar-refractivity contribution is 0.0706. The Morgan fingerprint density at radius 1 is 1.00 bits per heavy atom. The topological polar surface area (TPSA) is 101 Å². The van der Waals surface area contributed by atoms with Crippen LogP contribution < -0.4 is 15.5 Å². The van der Waals surface area contributed by atoms with Crippen molar-refractivity contribution in [2.75, 3.05) is 13.2 Å². The minimum atomic E-state index is -0.568. The maximum atomic E-state index is 12.1. The fourth-order valence-electron chi connectivity index (χ4n) is 2.57. The number of carbonyl (C=O) groups is 2. The third-order valence-electron chi connectivity index (χ3n) is 3.99. The molecule has 27 heavy (non-hydrogen) atoms. The molecule has 0 aliphatic rings. The Morgan fingerprint density at radius 3 is 2.52 bits per heavy atom. The van der Waals surface area contributed by atoms with E-state index in [9.17, 15) is 9.59 Å². The fourth-order valence-corrected chi connectivity index (χ4v) is 2.57. The van der Waals surface area contributed by atoms with Gasteiger partial charge in [0.25, 0.3) is 11.8 Å². The van der Waals surface area contributed by atoms with Crippen LogP contribution >= 0.6 is 0 Å². The number of amides is 2. The number of ether oxygens (including phenoxy) is 1. The second-order valence-corrected chi connectivity index (χ2v) is 5.93. The Balaban J connectivity index is 1.35. The van der Waals surface area contributed by atoms with Crippen LogP contribution in [0.1, 0.15) is 33.8 Å². The number of benzene rings is 2. The molecule has 1 heterocycles. The van der Waals surface area contributed by atoms with Gasteiger partial charge in [0.05, 0.1) is 6.61 Å². The van der Waals surface area contributed by atoms with Gasteiger partial charge in [0, 0.05) is 17.5 Å². The maximum Gasteiger partial charge on any atom is 0.287 e. The number of furan rings is 1. The first-order valence-corrected chi connectivity index (χ1v) is 8.61. The molecular formula is C20H20N2O5. The fraction of sp³-hybridized carbons (Fsp3) is 0.200. The molecule has 0 bridgehead atoms. The first-order valence-electron chi connectivity index (χ1n) is 8.61. The predicted molar refractivity (Wildman–Crippen MR) is 99.0 cm³/mol. The van der Waals surface area contributed by atoms with E-state index in [4.69, 9.17) is 14.4 Å². The number of nitrogens with one attached hydrogen (secondary N) is 2. The number of rotatable bonds is 8. The lowest BCUT2D eigenvalue weighted by Gasteiger charge is -2.07. The Kier molecular flexibility index (Phi) is 6.06. The van der Waals surface area contributed by atoms with E-state index in [1.807, 2.05) is 24.3 Å². The minimum Gasteiger partial charge on any atom is -0.494 e. The van der Waals surface area contributed by atoms with E-state index in [0.29, 0.717) is 35.8 Å². The minimum absolute atomic E-state index is 0.232. The second-order valence-electron chi connectivity index (χ2n) is 5.93. The van der Waals surface area contributed by atoms with E-state index in [-0.39, 0.29) is 5.91 Å². The largest absolute Gasteiger partial charge is 0.494 e. The SMILES string of the molecule is O=C(NO)c1ccc(OCCCCNC(=O)c2cc3ccccc3o2)cc1. The first-order chi connectivity index (χ1) is 13.2. The van der Waals surface area contributed by atoms with Crippen molar-refractivity contribution in [1.29, 1.82) is 0 Å². The zero-order valence-electron chi connectivity index (χ0n) is 14.6. The highest BCUT2D eigenvalue weighted by Crippen LogP contribution is 2.18. The summed E-state index contributed by atoms with van der Waals surface area (Å²) in [4.78, 5) is 23.3. The van der Waals surface area contributed by atoms with Crippen molar-refractivity contribution < 1.29 is 24.0 Å². The highest BCUT2D eigenvalue weighted by molar-refractivity contribution is 5.96. The van der Waals surface area contributed by atoms with Crippen LogP contribution in [-0.4, -0.2) is 30.2 Å². The van der Waals surface area contributed by atoms with Gasteiger partial charge in [-0.2, -0.15) is 0 Å². The van der Waals surface area contributed by atoms with Crippen LogP contribution in [0.15, 0.2) is 59.0 Å². The van der Waals surface area contributed by atoms with Gasteiger partial charge in [-0.25, -0.2) is 5.48 Å². The summed E-state index contributed by atoms with van der Waals surface area (Å²) < 4.78 is 11.1. The van der Waals surface area contributed by atoms with Crippen molar-refractivity contribution in [3.8, 4) is 5.75 Å². The van der Waals surface area contributed by atoms with E-state index in [1.165, 1.54) is 0 Å². The van der Waals surface area contributed by atoms with Gasteiger partial charge in [-0.1, -0.05) is 18.2 Å². The molecule has 2 aromatic carbocycles.